The molecule has 1 aromatic rings. The molecule has 0 amide bonds. The molecule has 0 unspecified atom stereocenters. The van der Waals surface area contributed by atoms with E-state index >= 15 is 0 Å². The monoisotopic (exact) mass is 174 g/mol. The normalized spacial score (nSPS) is 10.2. The maximum Gasteiger partial charge on any atom is 0.141 e. The zero-order valence-electron chi connectivity index (χ0n) is 7.36. The highest BCUT2D eigenvalue weighted by molar-refractivity contribution is 5.52. The average molecular weight is 174 g/mol. The summed E-state index contributed by atoms with van der Waals surface area (Å²) in [4.78, 5) is 4.10. The maximum atomic E-state index is 9.34. The molecule has 0 bridgehead atoms. The van der Waals surface area contributed by atoms with Gasteiger partial charge in [0.15, 0.2) is 0 Å². The fourth-order valence-electron chi connectivity index (χ4n) is 0.915. The van der Waals surface area contributed by atoms with Crippen LogP contribution in [0.15, 0.2) is 18.2 Å². The molecule has 0 aromatic carbocycles. The standard InChI is InChI=1S/C10H10N2O/c1-8-5-6-10(13)9(12-8)4-2-3-7-11/h2,4-6,13H,3H2,1H3. The number of aromatic hydroxyl groups is 1. The molecule has 1 rings (SSSR count). The molecule has 3 heteroatoms. The Kier molecular flexibility index (Phi) is 3.04. The maximum absolute atomic E-state index is 9.34. The molecule has 13 heavy (non-hydrogen) atoms. The Hall–Kier alpha value is -1.82. The first-order chi connectivity index (χ1) is 6.24. The smallest absolute Gasteiger partial charge is 0.141 e. The van der Waals surface area contributed by atoms with Crippen molar-refractivity contribution in [2.45, 2.75) is 13.3 Å². The zero-order chi connectivity index (χ0) is 9.68. The van der Waals surface area contributed by atoms with Crippen molar-refractivity contribution in [2.75, 3.05) is 0 Å². The average Bonchev–Trinajstić information content (AvgIpc) is 2.11. The highest BCUT2D eigenvalue weighted by Crippen LogP contribution is 2.15. The Morgan fingerprint density at radius 1 is 1.62 bits per heavy atom. The molecule has 0 aliphatic heterocycles. The summed E-state index contributed by atoms with van der Waals surface area (Å²) >= 11 is 0. The minimum absolute atomic E-state index is 0.139. The number of pyridine rings is 1. The predicted molar refractivity (Wildman–Crippen MR) is 49.9 cm³/mol. The molecular formula is C10H10N2O. The van der Waals surface area contributed by atoms with Gasteiger partial charge in [-0.3, -0.25) is 0 Å². The Morgan fingerprint density at radius 3 is 3.08 bits per heavy atom. The number of rotatable bonds is 2. The number of hydrogen-bond donors (Lipinski definition) is 1. The third-order valence-electron chi connectivity index (χ3n) is 1.53. The van der Waals surface area contributed by atoms with Crippen molar-refractivity contribution in [2.24, 2.45) is 0 Å². The van der Waals surface area contributed by atoms with E-state index in [1.54, 1.807) is 24.3 Å². The highest BCUT2D eigenvalue weighted by atomic mass is 16.3. The lowest BCUT2D eigenvalue weighted by atomic mass is 10.2. The van der Waals surface area contributed by atoms with E-state index in [0.29, 0.717) is 12.1 Å². The molecule has 1 aromatic heterocycles. The van der Waals surface area contributed by atoms with E-state index in [9.17, 15) is 5.11 Å². The summed E-state index contributed by atoms with van der Waals surface area (Å²) in [7, 11) is 0. The van der Waals surface area contributed by atoms with E-state index in [1.807, 2.05) is 13.0 Å². The van der Waals surface area contributed by atoms with Gasteiger partial charge in [-0.25, -0.2) is 4.98 Å². The van der Waals surface area contributed by atoms with Gasteiger partial charge in [0.25, 0.3) is 0 Å². The molecule has 1 heterocycles. The fourth-order valence-corrected chi connectivity index (χ4v) is 0.915. The highest BCUT2D eigenvalue weighted by Gasteiger charge is 1.97. The largest absolute Gasteiger partial charge is 0.506 e. The van der Waals surface area contributed by atoms with Crippen LogP contribution in [-0.4, -0.2) is 10.1 Å². The second-order valence-corrected chi connectivity index (χ2v) is 2.62. The van der Waals surface area contributed by atoms with Gasteiger partial charge in [-0.05, 0) is 25.1 Å². The van der Waals surface area contributed by atoms with Gasteiger partial charge in [-0.1, -0.05) is 6.08 Å². The molecule has 1 N–H and O–H groups in total. The van der Waals surface area contributed by atoms with Crippen LogP contribution in [0.3, 0.4) is 0 Å². The van der Waals surface area contributed by atoms with Gasteiger partial charge in [-0.2, -0.15) is 5.26 Å². The summed E-state index contributed by atoms with van der Waals surface area (Å²) in [6.45, 7) is 1.85. The molecule has 0 spiro atoms. The minimum atomic E-state index is 0.139. The number of aromatic nitrogens is 1. The number of allylic oxidation sites excluding steroid dienone is 1. The summed E-state index contributed by atoms with van der Waals surface area (Å²) in [5.41, 5.74) is 1.35. The van der Waals surface area contributed by atoms with Crippen molar-refractivity contribution >= 4 is 6.08 Å². The number of nitriles is 1. The lowest BCUT2D eigenvalue weighted by molar-refractivity contribution is 0.471. The lowest BCUT2D eigenvalue weighted by Gasteiger charge is -1.98. The summed E-state index contributed by atoms with van der Waals surface area (Å²) in [5.74, 6) is 0.139. The summed E-state index contributed by atoms with van der Waals surface area (Å²) in [6.07, 6.45) is 3.64. The Labute approximate surface area is 77.0 Å². The van der Waals surface area contributed by atoms with Crippen LogP contribution in [-0.2, 0) is 0 Å². The van der Waals surface area contributed by atoms with E-state index < -0.39 is 0 Å². The Bertz CT molecular complexity index is 364. The third kappa shape index (κ3) is 2.60. The third-order valence-corrected chi connectivity index (χ3v) is 1.53. The van der Waals surface area contributed by atoms with Gasteiger partial charge in [0.05, 0.1) is 12.5 Å². The molecule has 0 saturated heterocycles. The van der Waals surface area contributed by atoms with Crippen LogP contribution in [0.1, 0.15) is 17.8 Å². The second-order valence-electron chi connectivity index (χ2n) is 2.62. The predicted octanol–water partition coefficient (Wildman–Crippen LogP) is 2.02. The van der Waals surface area contributed by atoms with Crippen molar-refractivity contribution in [3.05, 3.63) is 29.6 Å². The van der Waals surface area contributed by atoms with Gasteiger partial charge in [0.2, 0.25) is 0 Å². The van der Waals surface area contributed by atoms with Gasteiger partial charge >= 0.3 is 0 Å². The lowest BCUT2D eigenvalue weighted by Crippen LogP contribution is -1.85. The van der Waals surface area contributed by atoms with E-state index in [-0.39, 0.29) is 5.75 Å². The molecule has 0 saturated carbocycles. The van der Waals surface area contributed by atoms with Crippen molar-refractivity contribution in [3.8, 4) is 11.8 Å². The van der Waals surface area contributed by atoms with Crippen molar-refractivity contribution in [1.82, 2.24) is 4.98 Å². The van der Waals surface area contributed by atoms with Crippen LogP contribution in [0.4, 0.5) is 0 Å². The van der Waals surface area contributed by atoms with Crippen LogP contribution in [0.25, 0.3) is 6.08 Å². The van der Waals surface area contributed by atoms with Crippen molar-refractivity contribution in [1.29, 1.82) is 5.26 Å². The summed E-state index contributed by atoms with van der Waals surface area (Å²) in [5, 5.41) is 17.6. The van der Waals surface area contributed by atoms with Crippen molar-refractivity contribution in [3.63, 3.8) is 0 Å². The molecule has 0 radical (unpaired) electrons. The molecule has 0 aliphatic carbocycles. The Balaban J connectivity index is 2.88. The summed E-state index contributed by atoms with van der Waals surface area (Å²) in [6, 6.07) is 5.30. The quantitative estimate of drug-likeness (QED) is 0.746. The first-order valence-corrected chi connectivity index (χ1v) is 3.94. The van der Waals surface area contributed by atoms with E-state index in [1.165, 1.54) is 0 Å². The molecular weight excluding hydrogens is 164 g/mol. The van der Waals surface area contributed by atoms with E-state index in [2.05, 4.69) is 4.98 Å². The van der Waals surface area contributed by atoms with Gasteiger partial charge in [0, 0.05) is 5.69 Å². The first kappa shape index (κ1) is 9.27. The molecule has 0 aliphatic rings. The molecule has 3 nitrogen and oxygen atoms in total. The van der Waals surface area contributed by atoms with Gasteiger partial charge < -0.3 is 5.11 Å². The number of nitrogens with zero attached hydrogens (tertiary/aromatic N) is 2. The van der Waals surface area contributed by atoms with Gasteiger partial charge in [-0.15, -0.1) is 0 Å². The fraction of sp³-hybridized carbons (Fsp3) is 0.200. The minimum Gasteiger partial charge on any atom is -0.506 e. The SMILES string of the molecule is Cc1ccc(O)c(C=CCC#N)n1. The number of hydrogen-bond acceptors (Lipinski definition) is 3. The van der Waals surface area contributed by atoms with Crippen LogP contribution in [0.5, 0.6) is 5.75 Å². The summed E-state index contributed by atoms with van der Waals surface area (Å²) < 4.78 is 0. The molecule has 0 fully saturated rings. The second kappa shape index (κ2) is 4.27. The first-order valence-electron chi connectivity index (χ1n) is 3.94. The van der Waals surface area contributed by atoms with Crippen molar-refractivity contribution < 1.29 is 5.11 Å². The number of aryl methyl sites for hydroxylation is 1. The zero-order valence-corrected chi connectivity index (χ0v) is 7.36. The molecule has 0 atom stereocenters. The van der Waals surface area contributed by atoms with Gasteiger partial charge in [0.1, 0.15) is 11.4 Å². The van der Waals surface area contributed by atoms with Crippen LogP contribution >= 0.6 is 0 Å². The van der Waals surface area contributed by atoms with Crippen LogP contribution in [0, 0.1) is 18.3 Å². The van der Waals surface area contributed by atoms with E-state index in [0.717, 1.165) is 5.69 Å². The van der Waals surface area contributed by atoms with Crippen LogP contribution in [0.2, 0.25) is 0 Å². The Morgan fingerprint density at radius 2 is 2.38 bits per heavy atom. The topological polar surface area (TPSA) is 56.9 Å². The van der Waals surface area contributed by atoms with Crippen LogP contribution < -0.4 is 0 Å². The molecule has 66 valence electrons. The van der Waals surface area contributed by atoms with E-state index in [4.69, 9.17) is 5.26 Å².